The molecule has 0 aliphatic rings. The number of aliphatic carboxylic acids is 1. The Balaban J connectivity index is 4.45. The Morgan fingerprint density at radius 2 is 0.952 bits per heavy atom. The summed E-state index contributed by atoms with van der Waals surface area (Å²) in [4.78, 5) is 37.1. The van der Waals surface area contributed by atoms with E-state index in [1.165, 1.54) is 32.1 Å². The molecule has 0 aromatic rings. The Morgan fingerprint density at radius 1 is 0.508 bits per heavy atom. The van der Waals surface area contributed by atoms with Gasteiger partial charge < -0.3 is 23.8 Å². The number of rotatable bonds is 42. The molecule has 0 saturated carbocycles. The number of carboxylic acids is 1. The zero-order chi connectivity index (χ0) is 46.3. The van der Waals surface area contributed by atoms with E-state index in [0.29, 0.717) is 19.3 Å². The second-order valence-electron chi connectivity index (χ2n) is 17.0. The summed E-state index contributed by atoms with van der Waals surface area (Å²) in [6, 6.07) is -0.634. The first-order chi connectivity index (χ1) is 30.6. The molecule has 0 radical (unpaired) electrons. The van der Waals surface area contributed by atoms with E-state index in [9.17, 15) is 19.5 Å². The molecule has 0 bridgehead atoms. The molecule has 0 amide bonds. The first-order valence-electron chi connectivity index (χ1n) is 24.5. The Morgan fingerprint density at radius 3 is 1.48 bits per heavy atom. The third-order valence-corrected chi connectivity index (χ3v) is 10.2. The van der Waals surface area contributed by atoms with Crippen LogP contribution in [0.15, 0.2) is 109 Å². The molecule has 1 N–H and O–H groups in total. The van der Waals surface area contributed by atoms with Gasteiger partial charge in [-0.25, -0.2) is 4.79 Å². The molecule has 63 heavy (non-hydrogen) atoms. The van der Waals surface area contributed by atoms with Crippen molar-refractivity contribution in [2.24, 2.45) is 0 Å². The van der Waals surface area contributed by atoms with Crippen molar-refractivity contribution in [2.45, 2.75) is 180 Å². The quantitative estimate of drug-likeness (QED) is 0.0214. The molecule has 0 aliphatic heterocycles. The molecule has 0 spiro atoms. The van der Waals surface area contributed by atoms with Gasteiger partial charge in [0.05, 0.1) is 34.4 Å². The minimum atomic E-state index is -0.890. The number of hydrogen-bond acceptors (Lipinski definition) is 6. The third kappa shape index (κ3) is 43.0. The highest BCUT2D eigenvalue weighted by molar-refractivity contribution is 5.72. The van der Waals surface area contributed by atoms with E-state index in [0.717, 1.165) is 96.3 Å². The lowest BCUT2D eigenvalue weighted by molar-refractivity contribution is -0.887. The van der Waals surface area contributed by atoms with E-state index >= 15 is 0 Å². The highest BCUT2D eigenvalue weighted by Gasteiger charge is 2.31. The van der Waals surface area contributed by atoms with Gasteiger partial charge >= 0.3 is 17.9 Å². The maximum absolute atomic E-state index is 12.8. The number of quaternary nitrogens is 1. The van der Waals surface area contributed by atoms with Crippen LogP contribution in [0.1, 0.15) is 168 Å². The molecule has 0 aromatic carbocycles. The number of nitrogens with zero attached hydrogens (tertiary/aromatic N) is 1. The van der Waals surface area contributed by atoms with Crippen molar-refractivity contribution in [3.05, 3.63) is 109 Å². The highest BCUT2D eigenvalue weighted by atomic mass is 16.6. The molecule has 8 nitrogen and oxygen atoms in total. The molecule has 8 heteroatoms. The first kappa shape index (κ1) is 59.0. The highest BCUT2D eigenvalue weighted by Crippen LogP contribution is 2.12. The number of carbonyl (C=O) groups excluding carboxylic acids is 2. The number of ether oxygens (including phenoxy) is 3. The summed E-state index contributed by atoms with van der Waals surface area (Å²) in [5.41, 5.74) is 0. The lowest BCUT2D eigenvalue weighted by Crippen LogP contribution is -2.50. The van der Waals surface area contributed by atoms with Crippen LogP contribution >= 0.6 is 0 Å². The molecule has 0 aliphatic carbocycles. The lowest BCUT2D eigenvalue weighted by atomic mass is 10.1. The molecule has 356 valence electrons. The zero-order valence-corrected chi connectivity index (χ0v) is 40.5. The smallest absolute Gasteiger partial charge is 0.362 e. The molecule has 0 rings (SSSR count). The van der Waals surface area contributed by atoms with E-state index in [1.54, 1.807) is 0 Å². The largest absolute Gasteiger partial charge is 0.477 e. The van der Waals surface area contributed by atoms with Crippen LogP contribution in [0, 0.1) is 0 Å². The van der Waals surface area contributed by atoms with Gasteiger partial charge in [-0.1, -0.05) is 168 Å². The van der Waals surface area contributed by atoms with E-state index in [-0.39, 0.29) is 42.7 Å². The first-order valence-corrected chi connectivity index (χ1v) is 24.5. The number of carboxylic acid groups (broad SMARTS) is 1. The molecule has 2 atom stereocenters. The zero-order valence-electron chi connectivity index (χ0n) is 40.5. The van der Waals surface area contributed by atoms with Gasteiger partial charge in [-0.3, -0.25) is 9.59 Å². The fourth-order valence-electron chi connectivity index (χ4n) is 6.45. The Bertz CT molecular complexity index is 1390. The standard InChI is InChI=1S/C55H89NO7/c1-6-8-10-12-14-16-18-20-22-24-26-27-28-30-32-34-36-38-40-42-44-46-54(58)63-51(49-61-48-47-52(55(59)60)56(3,4)5)50-62-53(57)45-43-41-39-37-35-33-31-29-25-23-21-19-17-15-13-11-9-7-2/h8,10,14,16,19-23,25-27,29-32,36,38,51-52H,6-7,9,11-13,15,17-18,24,28,33-35,37,39-50H2,1-5H3/p+1/b10-8+,16-14+,21-19+,22-20+,25-23+,27-26+,31-29+,32-30+,38-36+. The van der Waals surface area contributed by atoms with Crippen molar-refractivity contribution < 1.29 is 38.2 Å². The predicted molar refractivity (Wildman–Crippen MR) is 266 cm³/mol. The lowest BCUT2D eigenvalue weighted by Gasteiger charge is -2.31. The van der Waals surface area contributed by atoms with Gasteiger partial charge in [-0.15, -0.1) is 0 Å². The van der Waals surface area contributed by atoms with Crippen LogP contribution in [0.2, 0.25) is 0 Å². The maximum Gasteiger partial charge on any atom is 0.362 e. The van der Waals surface area contributed by atoms with E-state index in [1.807, 2.05) is 21.1 Å². The maximum atomic E-state index is 12.8. The summed E-state index contributed by atoms with van der Waals surface area (Å²) >= 11 is 0. The number of carbonyl (C=O) groups is 3. The Labute approximate surface area is 385 Å². The monoisotopic (exact) mass is 877 g/mol. The minimum absolute atomic E-state index is 0.0289. The molecule has 0 heterocycles. The Hall–Kier alpha value is -4.01. The fourth-order valence-corrected chi connectivity index (χ4v) is 6.45. The summed E-state index contributed by atoms with van der Waals surface area (Å²) in [6.45, 7) is 4.52. The average Bonchev–Trinajstić information content (AvgIpc) is 3.24. The van der Waals surface area contributed by atoms with Crippen molar-refractivity contribution in [2.75, 3.05) is 41.0 Å². The van der Waals surface area contributed by atoms with Crippen LogP contribution in [-0.4, -0.2) is 80.6 Å². The van der Waals surface area contributed by atoms with Crippen LogP contribution in [0.3, 0.4) is 0 Å². The second kappa shape index (κ2) is 44.6. The van der Waals surface area contributed by atoms with E-state index in [4.69, 9.17) is 14.2 Å². The summed E-state index contributed by atoms with van der Waals surface area (Å²) in [5, 5.41) is 9.64. The summed E-state index contributed by atoms with van der Waals surface area (Å²) in [5.74, 6) is -1.56. The van der Waals surface area contributed by atoms with Crippen LogP contribution in [-0.2, 0) is 28.6 Å². The normalized spacial score (nSPS) is 13.9. The van der Waals surface area contributed by atoms with Crippen molar-refractivity contribution in [1.29, 1.82) is 0 Å². The van der Waals surface area contributed by atoms with Crippen LogP contribution in [0.5, 0.6) is 0 Å². The number of unbranched alkanes of at least 4 members (excludes halogenated alkanes) is 12. The van der Waals surface area contributed by atoms with Gasteiger partial charge in [-0.05, 0) is 89.9 Å². The summed E-state index contributed by atoms with van der Waals surface area (Å²) < 4.78 is 17.3. The van der Waals surface area contributed by atoms with E-state index < -0.39 is 18.1 Å². The number of hydrogen-bond donors (Lipinski definition) is 1. The number of allylic oxidation sites excluding steroid dienone is 18. The van der Waals surface area contributed by atoms with Crippen LogP contribution < -0.4 is 0 Å². The van der Waals surface area contributed by atoms with Gasteiger partial charge in [0.25, 0.3) is 0 Å². The van der Waals surface area contributed by atoms with E-state index in [2.05, 4.69) is 123 Å². The molecular formula is C55H90NO7+. The minimum Gasteiger partial charge on any atom is -0.477 e. The molecule has 0 fully saturated rings. The summed E-state index contributed by atoms with van der Waals surface area (Å²) in [6.07, 6.45) is 61.3. The molecule has 2 unspecified atom stereocenters. The van der Waals surface area contributed by atoms with Crippen LogP contribution in [0.4, 0.5) is 0 Å². The van der Waals surface area contributed by atoms with Gasteiger partial charge in [0.2, 0.25) is 0 Å². The average molecular weight is 877 g/mol. The fraction of sp³-hybridized carbons (Fsp3) is 0.618. The van der Waals surface area contributed by atoms with Gasteiger partial charge in [0.1, 0.15) is 6.61 Å². The molecule has 0 aromatic heterocycles. The van der Waals surface area contributed by atoms with Crippen LogP contribution in [0.25, 0.3) is 0 Å². The van der Waals surface area contributed by atoms with Crippen molar-refractivity contribution >= 4 is 17.9 Å². The van der Waals surface area contributed by atoms with Gasteiger partial charge in [-0.2, -0.15) is 0 Å². The Kier molecular flexibility index (Phi) is 41.8. The van der Waals surface area contributed by atoms with Gasteiger partial charge in [0, 0.05) is 19.3 Å². The third-order valence-electron chi connectivity index (χ3n) is 10.2. The van der Waals surface area contributed by atoms with Crippen molar-refractivity contribution in [3.63, 3.8) is 0 Å². The molecular weight excluding hydrogens is 787 g/mol. The number of likely N-dealkylation sites (N-methyl/N-ethyl adjacent to an activating group) is 1. The summed E-state index contributed by atoms with van der Waals surface area (Å²) in [7, 11) is 5.50. The van der Waals surface area contributed by atoms with Crippen molar-refractivity contribution in [1.82, 2.24) is 0 Å². The SMILES string of the molecule is CC/C=C/C/C=C/C/C=C/C/C=C/C/C=C/C/C=C/CCCCC(=O)OC(COCCC(C(=O)O)[N+](C)(C)C)COC(=O)CCCCCCC/C=C/C=C/C=C/CCCCCCC. The van der Waals surface area contributed by atoms with Gasteiger partial charge in [0.15, 0.2) is 12.1 Å². The molecule has 0 saturated heterocycles. The van der Waals surface area contributed by atoms with Crippen molar-refractivity contribution in [3.8, 4) is 0 Å². The number of esters is 2. The topological polar surface area (TPSA) is 99.1 Å². The predicted octanol–water partition coefficient (Wildman–Crippen LogP) is 14.0. The second-order valence-corrected chi connectivity index (χ2v) is 17.0.